The van der Waals surface area contributed by atoms with Crippen molar-refractivity contribution in [3.8, 4) is 0 Å². The fourth-order valence-electron chi connectivity index (χ4n) is 1.84. The highest BCUT2D eigenvalue weighted by Gasteiger charge is 2.05. The van der Waals surface area contributed by atoms with Gasteiger partial charge < -0.3 is 10.1 Å². The van der Waals surface area contributed by atoms with Gasteiger partial charge in [-0.3, -0.25) is 9.69 Å². The van der Waals surface area contributed by atoms with E-state index in [9.17, 15) is 4.79 Å². The molecule has 0 bridgehead atoms. The minimum atomic E-state index is -0.0496. The smallest absolute Gasteiger partial charge is 0.251 e. The molecule has 0 spiro atoms. The van der Waals surface area contributed by atoms with E-state index in [1.807, 2.05) is 24.3 Å². The first-order valence-electron chi connectivity index (χ1n) is 6.79. The fraction of sp³-hybridized carbons (Fsp3) is 0.533. The van der Waals surface area contributed by atoms with Crippen LogP contribution in [-0.2, 0) is 11.3 Å². The summed E-state index contributed by atoms with van der Waals surface area (Å²) in [5, 5.41) is 2.81. The Kier molecular flexibility index (Phi) is 7.15. The molecule has 0 radical (unpaired) electrons. The summed E-state index contributed by atoms with van der Waals surface area (Å²) in [6, 6.07) is 7.79. The van der Waals surface area contributed by atoms with E-state index in [4.69, 9.17) is 4.74 Å². The number of nitrogens with zero attached hydrogens (tertiary/aromatic N) is 1. The monoisotopic (exact) mass is 264 g/mol. The van der Waals surface area contributed by atoms with E-state index in [-0.39, 0.29) is 5.91 Å². The molecule has 1 aromatic rings. The summed E-state index contributed by atoms with van der Waals surface area (Å²) in [6.07, 6.45) is 0. The predicted octanol–water partition coefficient (Wildman–Crippen LogP) is 1.90. The number of rotatable bonds is 8. The zero-order valence-electron chi connectivity index (χ0n) is 12.1. The van der Waals surface area contributed by atoms with Gasteiger partial charge in [-0.1, -0.05) is 26.0 Å². The van der Waals surface area contributed by atoms with Gasteiger partial charge in [-0.05, 0) is 30.8 Å². The van der Waals surface area contributed by atoms with Gasteiger partial charge in [0, 0.05) is 25.8 Å². The molecule has 0 aliphatic heterocycles. The van der Waals surface area contributed by atoms with E-state index < -0.39 is 0 Å². The lowest BCUT2D eigenvalue weighted by molar-refractivity contribution is 0.0937. The Labute approximate surface area is 115 Å². The van der Waals surface area contributed by atoms with E-state index in [0.717, 1.165) is 19.6 Å². The number of hydrogen-bond donors (Lipinski definition) is 1. The van der Waals surface area contributed by atoms with Gasteiger partial charge in [0.15, 0.2) is 0 Å². The number of hydrogen-bond acceptors (Lipinski definition) is 3. The Morgan fingerprint density at radius 3 is 2.37 bits per heavy atom. The summed E-state index contributed by atoms with van der Waals surface area (Å²) in [4.78, 5) is 14.1. The summed E-state index contributed by atoms with van der Waals surface area (Å²) >= 11 is 0. The average molecular weight is 264 g/mol. The third-order valence-electron chi connectivity index (χ3n) is 3.11. The Hall–Kier alpha value is -1.39. The lowest BCUT2D eigenvalue weighted by Gasteiger charge is -2.18. The van der Waals surface area contributed by atoms with Crippen molar-refractivity contribution < 1.29 is 9.53 Å². The molecule has 1 rings (SSSR count). The lowest BCUT2D eigenvalue weighted by Crippen LogP contribution is -2.27. The van der Waals surface area contributed by atoms with Crippen molar-refractivity contribution in [3.05, 3.63) is 35.4 Å². The summed E-state index contributed by atoms with van der Waals surface area (Å²) < 4.78 is 4.90. The van der Waals surface area contributed by atoms with Gasteiger partial charge in [0.2, 0.25) is 0 Å². The second-order valence-electron chi connectivity index (χ2n) is 4.41. The molecule has 4 heteroatoms. The van der Waals surface area contributed by atoms with E-state index in [1.54, 1.807) is 7.11 Å². The molecule has 4 nitrogen and oxygen atoms in total. The molecule has 0 fully saturated rings. The number of carbonyl (C=O) groups is 1. The topological polar surface area (TPSA) is 41.6 Å². The fourth-order valence-corrected chi connectivity index (χ4v) is 1.84. The molecule has 1 aromatic carbocycles. The lowest BCUT2D eigenvalue weighted by atomic mass is 10.1. The maximum absolute atomic E-state index is 11.8. The number of amides is 1. The van der Waals surface area contributed by atoms with Crippen LogP contribution in [0.1, 0.15) is 29.8 Å². The summed E-state index contributed by atoms with van der Waals surface area (Å²) in [6.45, 7) is 8.38. The van der Waals surface area contributed by atoms with E-state index in [0.29, 0.717) is 18.7 Å². The maximum Gasteiger partial charge on any atom is 0.251 e. The predicted molar refractivity (Wildman–Crippen MR) is 77.3 cm³/mol. The third kappa shape index (κ3) is 5.41. The van der Waals surface area contributed by atoms with Gasteiger partial charge in [-0.15, -0.1) is 0 Å². The molecular formula is C15H24N2O2. The van der Waals surface area contributed by atoms with Crippen LogP contribution < -0.4 is 5.32 Å². The molecule has 0 saturated carbocycles. The highest BCUT2D eigenvalue weighted by molar-refractivity contribution is 5.94. The molecule has 0 aromatic heterocycles. The summed E-state index contributed by atoms with van der Waals surface area (Å²) in [5.74, 6) is -0.0496. The molecule has 1 amide bonds. The zero-order valence-corrected chi connectivity index (χ0v) is 12.1. The number of carbonyl (C=O) groups excluding carboxylic acids is 1. The van der Waals surface area contributed by atoms with Gasteiger partial charge in [0.25, 0.3) is 5.91 Å². The minimum Gasteiger partial charge on any atom is -0.383 e. The van der Waals surface area contributed by atoms with Gasteiger partial charge in [-0.2, -0.15) is 0 Å². The van der Waals surface area contributed by atoms with Gasteiger partial charge in [0.1, 0.15) is 0 Å². The summed E-state index contributed by atoms with van der Waals surface area (Å²) in [7, 11) is 1.62. The van der Waals surface area contributed by atoms with Crippen LogP contribution in [0.4, 0.5) is 0 Å². The molecule has 0 atom stereocenters. The van der Waals surface area contributed by atoms with Crippen molar-refractivity contribution in [2.24, 2.45) is 0 Å². The third-order valence-corrected chi connectivity index (χ3v) is 3.11. The number of nitrogens with one attached hydrogen (secondary N) is 1. The molecular weight excluding hydrogens is 240 g/mol. The Morgan fingerprint density at radius 1 is 1.21 bits per heavy atom. The Bertz CT molecular complexity index is 372. The van der Waals surface area contributed by atoms with Crippen LogP contribution in [-0.4, -0.2) is 44.2 Å². The van der Waals surface area contributed by atoms with Crippen molar-refractivity contribution in [2.75, 3.05) is 33.4 Å². The first-order valence-corrected chi connectivity index (χ1v) is 6.79. The van der Waals surface area contributed by atoms with E-state index >= 15 is 0 Å². The first-order chi connectivity index (χ1) is 9.21. The minimum absolute atomic E-state index is 0.0496. The molecule has 0 aliphatic carbocycles. The van der Waals surface area contributed by atoms with Gasteiger partial charge >= 0.3 is 0 Å². The first kappa shape index (κ1) is 15.7. The van der Waals surface area contributed by atoms with Crippen molar-refractivity contribution in [3.63, 3.8) is 0 Å². The van der Waals surface area contributed by atoms with E-state index in [2.05, 4.69) is 24.1 Å². The standard InChI is InChI=1S/C15H24N2O2/c1-4-17(5-2)12-13-6-8-14(9-7-13)15(18)16-10-11-19-3/h6-9H,4-5,10-12H2,1-3H3,(H,16,18). The Morgan fingerprint density at radius 2 is 1.84 bits per heavy atom. The SMILES string of the molecule is CCN(CC)Cc1ccc(C(=O)NCCOC)cc1. The molecule has 0 saturated heterocycles. The highest BCUT2D eigenvalue weighted by Crippen LogP contribution is 2.07. The Balaban J connectivity index is 2.53. The molecule has 106 valence electrons. The average Bonchev–Trinajstić information content (AvgIpc) is 2.45. The molecule has 19 heavy (non-hydrogen) atoms. The van der Waals surface area contributed by atoms with Crippen molar-refractivity contribution in [1.29, 1.82) is 0 Å². The highest BCUT2D eigenvalue weighted by atomic mass is 16.5. The number of methoxy groups -OCH3 is 1. The van der Waals surface area contributed by atoms with Gasteiger partial charge in [0.05, 0.1) is 6.61 Å². The van der Waals surface area contributed by atoms with Crippen molar-refractivity contribution >= 4 is 5.91 Å². The number of benzene rings is 1. The molecule has 0 aliphatic rings. The van der Waals surface area contributed by atoms with Crippen LogP contribution in [0.5, 0.6) is 0 Å². The zero-order chi connectivity index (χ0) is 14.1. The van der Waals surface area contributed by atoms with Crippen molar-refractivity contribution in [2.45, 2.75) is 20.4 Å². The molecule has 0 heterocycles. The van der Waals surface area contributed by atoms with Gasteiger partial charge in [-0.25, -0.2) is 0 Å². The molecule has 1 N–H and O–H groups in total. The largest absolute Gasteiger partial charge is 0.383 e. The quantitative estimate of drug-likeness (QED) is 0.729. The van der Waals surface area contributed by atoms with Crippen LogP contribution >= 0.6 is 0 Å². The maximum atomic E-state index is 11.8. The molecule has 0 unspecified atom stereocenters. The van der Waals surface area contributed by atoms with Crippen LogP contribution in [0.25, 0.3) is 0 Å². The van der Waals surface area contributed by atoms with E-state index in [1.165, 1.54) is 5.56 Å². The second-order valence-corrected chi connectivity index (χ2v) is 4.41. The van der Waals surface area contributed by atoms with Crippen LogP contribution in [0.15, 0.2) is 24.3 Å². The van der Waals surface area contributed by atoms with Crippen LogP contribution in [0.3, 0.4) is 0 Å². The van der Waals surface area contributed by atoms with Crippen LogP contribution in [0, 0.1) is 0 Å². The van der Waals surface area contributed by atoms with Crippen molar-refractivity contribution in [1.82, 2.24) is 10.2 Å². The number of ether oxygens (including phenoxy) is 1. The van der Waals surface area contributed by atoms with Crippen LogP contribution in [0.2, 0.25) is 0 Å². The summed E-state index contributed by atoms with van der Waals surface area (Å²) in [5.41, 5.74) is 1.93. The normalized spacial score (nSPS) is 10.7. The second kappa shape index (κ2) is 8.67.